The van der Waals surface area contributed by atoms with Gasteiger partial charge < -0.3 is 14.6 Å². The second-order valence-electron chi connectivity index (χ2n) is 7.71. The lowest BCUT2D eigenvalue weighted by Crippen LogP contribution is -2.31. The van der Waals surface area contributed by atoms with Gasteiger partial charge in [0.05, 0.1) is 11.8 Å². The van der Waals surface area contributed by atoms with Gasteiger partial charge in [0, 0.05) is 12.1 Å². The van der Waals surface area contributed by atoms with Gasteiger partial charge in [-0.25, -0.2) is 0 Å². The number of nitrogens with zero attached hydrogens (tertiary/aromatic N) is 3. The third-order valence-corrected chi connectivity index (χ3v) is 6.53. The third kappa shape index (κ3) is 6.62. The number of hydrogen-bond donors (Lipinski definition) is 1. The van der Waals surface area contributed by atoms with Crippen LogP contribution in [0, 0.1) is 0 Å². The summed E-state index contributed by atoms with van der Waals surface area (Å²) in [5.41, 5.74) is 2.24. The summed E-state index contributed by atoms with van der Waals surface area (Å²) >= 11 is 7.25. The highest BCUT2D eigenvalue weighted by Gasteiger charge is 2.17. The normalized spacial score (nSPS) is 11.7. The average molecular weight is 493 g/mol. The van der Waals surface area contributed by atoms with Gasteiger partial charge in [0.1, 0.15) is 12.4 Å². The predicted molar refractivity (Wildman–Crippen MR) is 135 cm³/mol. The first-order chi connectivity index (χ1) is 16.6. The zero-order valence-electron chi connectivity index (χ0n) is 18.7. The Morgan fingerprint density at radius 3 is 2.38 bits per heavy atom. The molecule has 1 heterocycles. The summed E-state index contributed by atoms with van der Waals surface area (Å²) in [6.45, 7) is 0.269. The van der Waals surface area contributed by atoms with Gasteiger partial charge in [0.15, 0.2) is 11.0 Å². The van der Waals surface area contributed by atoms with E-state index in [2.05, 4.69) is 27.6 Å². The molecule has 0 aliphatic rings. The number of amides is 1. The largest absolute Gasteiger partial charge is 0.486 e. The molecular weight excluding hydrogens is 468 g/mol. The van der Waals surface area contributed by atoms with Crippen molar-refractivity contribution in [2.45, 2.75) is 24.2 Å². The number of benzene rings is 3. The number of carbonyl (C=O) groups is 1. The smallest absolute Gasteiger partial charge is 0.230 e. The van der Waals surface area contributed by atoms with Gasteiger partial charge in [-0.1, -0.05) is 84.0 Å². The SMILES string of the molecule is Cn1c(COc2ccc(Cl)cc2)nnc1SCC(=O)N[C@@H](Cc1ccccc1)c1ccccc1. The molecule has 0 aliphatic carbocycles. The molecule has 0 radical (unpaired) electrons. The maximum Gasteiger partial charge on any atom is 0.230 e. The van der Waals surface area contributed by atoms with E-state index >= 15 is 0 Å². The summed E-state index contributed by atoms with van der Waals surface area (Å²) in [5, 5.41) is 12.9. The topological polar surface area (TPSA) is 69.0 Å². The van der Waals surface area contributed by atoms with Crippen LogP contribution in [0.5, 0.6) is 5.75 Å². The Morgan fingerprint density at radius 1 is 1.00 bits per heavy atom. The van der Waals surface area contributed by atoms with Crippen molar-refractivity contribution in [3.05, 3.63) is 107 Å². The molecule has 4 aromatic rings. The molecule has 0 spiro atoms. The summed E-state index contributed by atoms with van der Waals surface area (Å²) in [6, 6.07) is 27.2. The first kappa shape index (κ1) is 23.9. The maximum atomic E-state index is 12.8. The number of carbonyl (C=O) groups excluding carboxylic acids is 1. The van der Waals surface area contributed by atoms with Crippen molar-refractivity contribution < 1.29 is 9.53 Å². The molecule has 1 amide bonds. The first-order valence-electron chi connectivity index (χ1n) is 10.9. The Kier molecular flexibility index (Phi) is 8.22. The quantitative estimate of drug-likeness (QED) is 0.306. The summed E-state index contributed by atoms with van der Waals surface area (Å²) in [6.07, 6.45) is 0.720. The second-order valence-corrected chi connectivity index (χ2v) is 9.09. The van der Waals surface area contributed by atoms with Crippen LogP contribution in [-0.4, -0.2) is 26.4 Å². The fourth-order valence-electron chi connectivity index (χ4n) is 3.43. The number of hydrogen-bond acceptors (Lipinski definition) is 5. The Labute approximate surface area is 208 Å². The molecule has 3 aromatic carbocycles. The van der Waals surface area contributed by atoms with Gasteiger partial charge >= 0.3 is 0 Å². The van der Waals surface area contributed by atoms with Crippen LogP contribution in [0.15, 0.2) is 90.1 Å². The van der Waals surface area contributed by atoms with Crippen LogP contribution in [0.25, 0.3) is 0 Å². The van der Waals surface area contributed by atoms with Crippen LogP contribution < -0.4 is 10.1 Å². The summed E-state index contributed by atoms with van der Waals surface area (Å²) < 4.78 is 7.59. The highest BCUT2D eigenvalue weighted by molar-refractivity contribution is 7.99. The minimum absolute atomic E-state index is 0.0586. The van der Waals surface area contributed by atoms with Crippen LogP contribution in [0.2, 0.25) is 5.02 Å². The van der Waals surface area contributed by atoms with E-state index in [1.807, 2.05) is 60.1 Å². The highest BCUT2D eigenvalue weighted by atomic mass is 35.5. The number of thioether (sulfide) groups is 1. The van der Waals surface area contributed by atoms with Crippen molar-refractivity contribution in [3.8, 4) is 5.75 Å². The number of aromatic nitrogens is 3. The Bertz CT molecular complexity index is 1200. The van der Waals surface area contributed by atoms with E-state index in [1.54, 1.807) is 24.3 Å². The van der Waals surface area contributed by atoms with Crippen molar-refractivity contribution in [2.75, 3.05) is 5.75 Å². The molecule has 174 valence electrons. The number of halogens is 1. The lowest BCUT2D eigenvalue weighted by atomic mass is 9.99. The molecule has 0 bridgehead atoms. The van der Waals surface area contributed by atoms with Gasteiger partial charge in [-0.3, -0.25) is 4.79 Å². The summed E-state index contributed by atoms with van der Waals surface area (Å²) in [4.78, 5) is 12.8. The Morgan fingerprint density at radius 2 is 1.68 bits per heavy atom. The molecule has 0 unspecified atom stereocenters. The van der Waals surface area contributed by atoms with Crippen LogP contribution >= 0.6 is 23.4 Å². The van der Waals surface area contributed by atoms with Gasteiger partial charge in [0.25, 0.3) is 0 Å². The van der Waals surface area contributed by atoms with Crippen LogP contribution in [0.4, 0.5) is 0 Å². The number of nitrogens with one attached hydrogen (secondary N) is 1. The predicted octanol–water partition coefficient (Wildman–Crippen LogP) is 5.24. The monoisotopic (exact) mass is 492 g/mol. The molecule has 1 N–H and O–H groups in total. The van der Waals surface area contributed by atoms with E-state index in [4.69, 9.17) is 16.3 Å². The summed E-state index contributed by atoms with van der Waals surface area (Å²) in [7, 11) is 1.86. The van der Waals surface area contributed by atoms with Crippen LogP contribution in [-0.2, 0) is 24.9 Å². The first-order valence-corrected chi connectivity index (χ1v) is 12.2. The van der Waals surface area contributed by atoms with Gasteiger partial charge in [0.2, 0.25) is 5.91 Å². The lowest BCUT2D eigenvalue weighted by Gasteiger charge is -2.19. The molecule has 8 heteroatoms. The van der Waals surface area contributed by atoms with E-state index in [0.717, 1.165) is 12.0 Å². The van der Waals surface area contributed by atoms with E-state index < -0.39 is 0 Å². The minimum Gasteiger partial charge on any atom is -0.486 e. The second kappa shape index (κ2) is 11.7. The van der Waals surface area contributed by atoms with E-state index in [0.29, 0.717) is 21.8 Å². The molecule has 34 heavy (non-hydrogen) atoms. The standard InChI is InChI=1S/C26H25ClN4O2S/c1-31-24(17-33-22-14-12-21(27)13-15-22)29-30-26(31)34-18-25(32)28-23(20-10-6-3-7-11-20)16-19-8-4-2-5-9-19/h2-15,23H,16-18H2,1H3,(H,28,32)/t23-/m0/s1. The molecule has 1 aromatic heterocycles. The molecule has 1 atom stereocenters. The third-order valence-electron chi connectivity index (χ3n) is 5.26. The van der Waals surface area contributed by atoms with Gasteiger partial charge in [-0.15, -0.1) is 10.2 Å². The van der Waals surface area contributed by atoms with Crippen molar-refractivity contribution >= 4 is 29.3 Å². The number of ether oxygens (including phenoxy) is 1. The Hall–Kier alpha value is -3.29. The highest BCUT2D eigenvalue weighted by Crippen LogP contribution is 2.21. The van der Waals surface area contributed by atoms with Gasteiger partial charge in [-0.2, -0.15) is 0 Å². The van der Waals surface area contributed by atoms with Gasteiger partial charge in [-0.05, 0) is 41.8 Å². The van der Waals surface area contributed by atoms with Crippen molar-refractivity contribution in [1.29, 1.82) is 0 Å². The lowest BCUT2D eigenvalue weighted by molar-refractivity contribution is -0.119. The van der Waals surface area contributed by atoms with E-state index in [1.165, 1.54) is 17.3 Å². The minimum atomic E-state index is -0.112. The van der Waals surface area contributed by atoms with Crippen LogP contribution in [0.3, 0.4) is 0 Å². The molecule has 0 saturated heterocycles. The molecule has 6 nitrogen and oxygen atoms in total. The molecular formula is C26H25ClN4O2S. The fraction of sp³-hybridized carbons (Fsp3) is 0.192. The van der Waals surface area contributed by atoms with E-state index in [-0.39, 0.29) is 24.3 Å². The maximum absolute atomic E-state index is 12.8. The van der Waals surface area contributed by atoms with Crippen molar-refractivity contribution in [1.82, 2.24) is 20.1 Å². The zero-order valence-corrected chi connectivity index (χ0v) is 20.3. The van der Waals surface area contributed by atoms with Crippen molar-refractivity contribution in [3.63, 3.8) is 0 Å². The molecule has 0 aliphatic heterocycles. The zero-order chi connectivity index (χ0) is 23.8. The Balaban J connectivity index is 1.34. The van der Waals surface area contributed by atoms with Crippen molar-refractivity contribution in [2.24, 2.45) is 7.05 Å². The molecule has 4 rings (SSSR count). The molecule has 0 saturated carbocycles. The number of rotatable bonds is 10. The van der Waals surface area contributed by atoms with E-state index in [9.17, 15) is 4.79 Å². The summed E-state index contributed by atoms with van der Waals surface area (Å²) in [5.74, 6) is 1.55. The fourth-order valence-corrected chi connectivity index (χ4v) is 4.30. The van der Waals surface area contributed by atoms with Crippen LogP contribution in [0.1, 0.15) is 23.0 Å². The average Bonchev–Trinajstić information content (AvgIpc) is 3.22. The molecule has 0 fully saturated rings.